The van der Waals surface area contributed by atoms with E-state index in [1.807, 2.05) is 13.8 Å². The maximum atomic E-state index is 11.8. The molecule has 0 aliphatic carbocycles. The highest BCUT2D eigenvalue weighted by Crippen LogP contribution is 2.15. The van der Waals surface area contributed by atoms with Crippen molar-refractivity contribution in [2.45, 2.75) is 45.6 Å². The molecule has 18 heavy (non-hydrogen) atoms. The first kappa shape index (κ1) is 17.2. The molecule has 0 saturated heterocycles. The highest BCUT2D eigenvalue weighted by atomic mass is 19.4. The summed E-state index contributed by atoms with van der Waals surface area (Å²) >= 11 is 0. The van der Waals surface area contributed by atoms with Crippen LogP contribution >= 0.6 is 0 Å². The zero-order valence-corrected chi connectivity index (χ0v) is 10.8. The molecule has 0 radical (unpaired) electrons. The van der Waals surface area contributed by atoms with Gasteiger partial charge in [0.05, 0.1) is 6.10 Å². The van der Waals surface area contributed by atoms with Crippen LogP contribution in [0.3, 0.4) is 0 Å². The third-order valence-electron chi connectivity index (χ3n) is 2.65. The van der Waals surface area contributed by atoms with E-state index in [4.69, 9.17) is 0 Å². The molecule has 0 rings (SSSR count). The van der Waals surface area contributed by atoms with E-state index in [0.29, 0.717) is 0 Å². The van der Waals surface area contributed by atoms with Crippen molar-refractivity contribution in [2.75, 3.05) is 13.2 Å². The van der Waals surface area contributed by atoms with Crippen molar-refractivity contribution in [2.24, 2.45) is 5.92 Å². The van der Waals surface area contributed by atoms with Gasteiger partial charge in [-0.1, -0.05) is 20.3 Å². The van der Waals surface area contributed by atoms with Crippen molar-refractivity contribution in [3.05, 3.63) is 0 Å². The summed E-state index contributed by atoms with van der Waals surface area (Å²) < 4.78 is 39.9. The fourth-order valence-electron chi connectivity index (χ4n) is 1.12. The summed E-state index contributed by atoms with van der Waals surface area (Å²) in [5, 5.41) is 11.9. The summed E-state index contributed by atoms with van der Waals surface area (Å²) in [4.78, 5) is 11.4. The number of aliphatic hydroxyl groups excluding tert-OH is 1. The van der Waals surface area contributed by atoms with Gasteiger partial charge in [-0.05, 0) is 12.8 Å². The molecule has 3 unspecified atom stereocenters. The number of alkyl halides is 3. The lowest BCUT2D eigenvalue weighted by Crippen LogP contribution is -2.41. The number of amides is 1. The number of hydrogen-bond donors (Lipinski definition) is 2. The van der Waals surface area contributed by atoms with Crippen LogP contribution in [0.1, 0.15) is 27.2 Å². The second kappa shape index (κ2) is 7.58. The molecule has 0 aliphatic rings. The minimum Gasteiger partial charge on any atom is -0.391 e. The van der Waals surface area contributed by atoms with Gasteiger partial charge < -0.3 is 15.2 Å². The van der Waals surface area contributed by atoms with E-state index >= 15 is 0 Å². The van der Waals surface area contributed by atoms with Gasteiger partial charge in [0.25, 0.3) is 0 Å². The van der Waals surface area contributed by atoms with E-state index in [1.165, 1.54) is 6.92 Å². The minimum atomic E-state index is -4.45. The predicted molar refractivity (Wildman–Crippen MR) is 59.9 cm³/mol. The Labute approximate surface area is 105 Å². The Bertz CT molecular complexity index is 258. The predicted octanol–water partition coefficient (Wildman–Crippen LogP) is 1.48. The fourth-order valence-corrected chi connectivity index (χ4v) is 1.12. The molecule has 1 amide bonds. The van der Waals surface area contributed by atoms with E-state index in [1.54, 1.807) is 0 Å². The molecular weight excluding hydrogens is 251 g/mol. The fraction of sp³-hybridized carbons (Fsp3) is 0.909. The van der Waals surface area contributed by atoms with Crippen LogP contribution < -0.4 is 5.32 Å². The Morgan fingerprint density at radius 1 is 1.39 bits per heavy atom. The molecule has 3 atom stereocenters. The lowest BCUT2D eigenvalue weighted by molar-refractivity contribution is -0.185. The zero-order chi connectivity index (χ0) is 14.3. The smallest absolute Gasteiger partial charge is 0.391 e. The van der Waals surface area contributed by atoms with Gasteiger partial charge in [0.2, 0.25) is 5.91 Å². The molecule has 0 aromatic heterocycles. The molecule has 0 aliphatic heterocycles. The molecule has 0 heterocycles. The molecule has 2 N–H and O–H groups in total. The average Bonchev–Trinajstić information content (AvgIpc) is 2.30. The number of carbonyl (C=O) groups is 1. The van der Waals surface area contributed by atoms with Crippen LogP contribution in [0.15, 0.2) is 0 Å². The van der Waals surface area contributed by atoms with Gasteiger partial charge in [-0.15, -0.1) is 0 Å². The van der Waals surface area contributed by atoms with E-state index in [0.717, 1.165) is 6.42 Å². The standard InChI is InChI=1S/C11H20F3NO3/c1-4-7(2)9(16)5-15-10(17)8(3)18-6-11(12,13)14/h7-9,16H,4-6H2,1-3H3,(H,15,17). The summed E-state index contributed by atoms with van der Waals surface area (Å²) in [6, 6.07) is 0. The van der Waals surface area contributed by atoms with Gasteiger partial charge in [-0.25, -0.2) is 0 Å². The van der Waals surface area contributed by atoms with Gasteiger partial charge in [0.15, 0.2) is 0 Å². The Kier molecular flexibility index (Phi) is 7.23. The minimum absolute atomic E-state index is 0.00750. The Morgan fingerprint density at radius 2 is 1.94 bits per heavy atom. The summed E-state index contributed by atoms with van der Waals surface area (Å²) in [6.07, 6.45) is -5.62. The van der Waals surface area contributed by atoms with Crippen molar-refractivity contribution in [3.8, 4) is 0 Å². The van der Waals surface area contributed by atoms with E-state index < -0.39 is 30.9 Å². The van der Waals surface area contributed by atoms with E-state index in [9.17, 15) is 23.1 Å². The molecule has 0 saturated carbocycles. The number of rotatable bonds is 7. The molecular formula is C11H20F3NO3. The number of halogens is 3. The van der Waals surface area contributed by atoms with Crippen LogP contribution in [0.4, 0.5) is 13.2 Å². The molecule has 0 aromatic carbocycles. The summed E-state index contributed by atoms with van der Waals surface area (Å²) in [7, 11) is 0. The van der Waals surface area contributed by atoms with Crippen LogP contribution in [-0.4, -0.2) is 42.5 Å². The second-order valence-corrected chi connectivity index (χ2v) is 4.27. The van der Waals surface area contributed by atoms with Gasteiger partial charge in [0, 0.05) is 6.54 Å². The first-order chi connectivity index (χ1) is 8.17. The van der Waals surface area contributed by atoms with E-state index in [-0.39, 0.29) is 12.5 Å². The Morgan fingerprint density at radius 3 is 2.39 bits per heavy atom. The SMILES string of the molecule is CCC(C)C(O)CNC(=O)C(C)OCC(F)(F)F. The van der Waals surface area contributed by atoms with Crippen molar-refractivity contribution in [1.29, 1.82) is 0 Å². The Balaban J connectivity index is 3.95. The molecule has 0 spiro atoms. The molecule has 4 nitrogen and oxygen atoms in total. The lowest BCUT2D eigenvalue weighted by Gasteiger charge is -2.19. The quantitative estimate of drug-likeness (QED) is 0.737. The zero-order valence-electron chi connectivity index (χ0n) is 10.8. The van der Waals surface area contributed by atoms with Crippen molar-refractivity contribution in [3.63, 3.8) is 0 Å². The molecule has 0 bridgehead atoms. The average molecular weight is 271 g/mol. The van der Waals surface area contributed by atoms with Crippen molar-refractivity contribution < 1.29 is 27.8 Å². The first-order valence-corrected chi connectivity index (χ1v) is 5.81. The molecule has 0 fully saturated rings. The normalized spacial score (nSPS) is 17.1. The number of carbonyl (C=O) groups excluding carboxylic acids is 1. The first-order valence-electron chi connectivity index (χ1n) is 5.81. The number of ether oxygens (including phenoxy) is 1. The van der Waals surface area contributed by atoms with Gasteiger partial charge in [0.1, 0.15) is 12.7 Å². The summed E-state index contributed by atoms with van der Waals surface area (Å²) in [6.45, 7) is 3.49. The number of nitrogens with one attached hydrogen (secondary N) is 1. The molecule has 0 aromatic rings. The number of hydrogen-bond acceptors (Lipinski definition) is 3. The third kappa shape index (κ3) is 7.50. The summed E-state index contributed by atoms with van der Waals surface area (Å²) in [5.74, 6) is -0.654. The Hall–Kier alpha value is -0.820. The van der Waals surface area contributed by atoms with Crippen molar-refractivity contribution >= 4 is 5.91 Å². The lowest BCUT2D eigenvalue weighted by atomic mass is 10.0. The maximum absolute atomic E-state index is 11.8. The summed E-state index contributed by atoms with van der Waals surface area (Å²) in [5.41, 5.74) is 0. The van der Waals surface area contributed by atoms with E-state index in [2.05, 4.69) is 10.1 Å². The molecule has 7 heteroatoms. The largest absolute Gasteiger partial charge is 0.411 e. The highest BCUT2D eigenvalue weighted by molar-refractivity contribution is 5.80. The second-order valence-electron chi connectivity index (χ2n) is 4.27. The third-order valence-corrected chi connectivity index (χ3v) is 2.65. The monoisotopic (exact) mass is 271 g/mol. The van der Waals surface area contributed by atoms with Crippen LogP contribution in [0.25, 0.3) is 0 Å². The highest BCUT2D eigenvalue weighted by Gasteiger charge is 2.30. The topological polar surface area (TPSA) is 58.6 Å². The van der Waals surface area contributed by atoms with Gasteiger partial charge >= 0.3 is 6.18 Å². The van der Waals surface area contributed by atoms with Crippen LogP contribution in [0.2, 0.25) is 0 Å². The van der Waals surface area contributed by atoms with Gasteiger partial charge in [-0.2, -0.15) is 13.2 Å². The van der Waals surface area contributed by atoms with Crippen LogP contribution in [0.5, 0.6) is 0 Å². The van der Waals surface area contributed by atoms with Crippen LogP contribution in [-0.2, 0) is 9.53 Å². The van der Waals surface area contributed by atoms with Crippen molar-refractivity contribution in [1.82, 2.24) is 5.32 Å². The van der Waals surface area contributed by atoms with Crippen LogP contribution in [0, 0.1) is 5.92 Å². The molecule has 108 valence electrons. The number of aliphatic hydroxyl groups is 1. The van der Waals surface area contributed by atoms with Gasteiger partial charge in [-0.3, -0.25) is 4.79 Å². The maximum Gasteiger partial charge on any atom is 0.411 e.